The summed E-state index contributed by atoms with van der Waals surface area (Å²) in [7, 11) is 1.54. The van der Waals surface area contributed by atoms with Crippen LogP contribution >= 0.6 is 0 Å². The van der Waals surface area contributed by atoms with Crippen molar-refractivity contribution in [2.75, 3.05) is 20.3 Å². The van der Waals surface area contributed by atoms with E-state index in [9.17, 15) is 9.90 Å². The predicted molar refractivity (Wildman–Crippen MR) is 68.2 cm³/mol. The number of hydrogen-bond acceptors (Lipinski definition) is 4. The highest BCUT2D eigenvalue weighted by Gasteiger charge is 2.34. The first-order valence-electron chi connectivity index (χ1n) is 6.87. The monoisotopic (exact) mass is 256 g/mol. The van der Waals surface area contributed by atoms with Gasteiger partial charge in [-0.05, 0) is 31.6 Å². The quantitative estimate of drug-likeness (QED) is 0.627. The second-order valence-corrected chi connectivity index (χ2v) is 5.59. The number of rotatable bonds is 6. The van der Waals surface area contributed by atoms with Crippen molar-refractivity contribution in [3.63, 3.8) is 0 Å². The topological polar surface area (TPSA) is 70.6 Å². The summed E-state index contributed by atoms with van der Waals surface area (Å²) in [6.07, 6.45) is 4.73. The Morgan fingerprint density at radius 3 is 2.72 bits per heavy atom. The van der Waals surface area contributed by atoms with E-state index in [1.54, 1.807) is 0 Å². The van der Waals surface area contributed by atoms with Crippen molar-refractivity contribution < 1.29 is 14.6 Å². The van der Waals surface area contributed by atoms with Crippen molar-refractivity contribution in [1.29, 1.82) is 0 Å². The molecule has 2 heterocycles. The van der Waals surface area contributed by atoms with Crippen LogP contribution in [-0.4, -0.2) is 49.5 Å². The number of nitrogens with one attached hydrogen (secondary N) is 2. The highest BCUT2D eigenvalue weighted by molar-refractivity contribution is 5.76. The number of amides is 1. The van der Waals surface area contributed by atoms with Crippen molar-refractivity contribution in [2.45, 2.75) is 50.3 Å². The summed E-state index contributed by atoms with van der Waals surface area (Å²) in [5.74, 6) is 0.555. The summed E-state index contributed by atoms with van der Waals surface area (Å²) in [5.41, 5.74) is 0. The van der Waals surface area contributed by atoms with Gasteiger partial charge in [0.1, 0.15) is 0 Å². The molecule has 0 aromatic heterocycles. The van der Waals surface area contributed by atoms with E-state index in [1.807, 2.05) is 0 Å². The average Bonchev–Trinajstić information content (AvgIpc) is 2.67. The molecule has 104 valence electrons. The van der Waals surface area contributed by atoms with E-state index in [1.165, 1.54) is 20.0 Å². The standard InChI is InChI=1S/C13H24N2O3/c1-18-8-12(16)7-14-13(17)6-9-4-10-2-3-11(5-9)15-10/h9-12,15-16H,2-8H2,1H3,(H,14,17). The Labute approximate surface area is 108 Å². The summed E-state index contributed by atoms with van der Waals surface area (Å²) < 4.78 is 4.81. The minimum atomic E-state index is -0.608. The SMILES string of the molecule is COCC(O)CNC(=O)CC1CC2CCC(C1)N2. The van der Waals surface area contributed by atoms with Gasteiger partial charge in [-0.3, -0.25) is 4.79 Å². The Hall–Kier alpha value is -0.650. The number of fused-ring (bicyclic) bond motifs is 2. The number of carbonyl (C=O) groups is 1. The number of aliphatic hydroxyl groups is 1. The minimum absolute atomic E-state index is 0.0523. The van der Waals surface area contributed by atoms with Gasteiger partial charge in [0.15, 0.2) is 0 Å². The first kappa shape index (κ1) is 13.8. The van der Waals surface area contributed by atoms with Gasteiger partial charge < -0.3 is 20.5 Å². The van der Waals surface area contributed by atoms with Crippen molar-refractivity contribution >= 4 is 5.91 Å². The fourth-order valence-corrected chi connectivity index (χ4v) is 3.16. The lowest BCUT2D eigenvalue weighted by Crippen LogP contribution is -2.40. The second-order valence-electron chi connectivity index (χ2n) is 5.59. The van der Waals surface area contributed by atoms with Crippen molar-refractivity contribution in [3.05, 3.63) is 0 Å². The van der Waals surface area contributed by atoms with Crippen molar-refractivity contribution in [3.8, 4) is 0 Å². The summed E-state index contributed by atoms with van der Waals surface area (Å²) in [5, 5.41) is 15.8. The minimum Gasteiger partial charge on any atom is -0.389 e. The summed E-state index contributed by atoms with van der Waals surface area (Å²) >= 11 is 0. The number of piperidine rings is 1. The zero-order chi connectivity index (χ0) is 13.0. The normalized spacial score (nSPS) is 32.2. The third-order valence-electron chi connectivity index (χ3n) is 3.94. The van der Waals surface area contributed by atoms with Crippen molar-refractivity contribution in [2.24, 2.45) is 5.92 Å². The largest absolute Gasteiger partial charge is 0.389 e. The second kappa shape index (κ2) is 6.50. The highest BCUT2D eigenvalue weighted by Crippen LogP contribution is 2.32. The number of ether oxygens (including phenoxy) is 1. The van der Waals surface area contributed by atoms with Crippen LogP contribution in [0.3, 0.4) is 0 Å². The zero-order valence-corrected chi connectivity index (χ0v) is 11.0. The molecule has 0 aromatic carbocycles. The smallest absolute Gasteiger partial charge is 0.220 e. The lowest BCUT2D eigenvalue weighted by Gasteiger charge is -2.28. The van der Waals surface area contributed by atoms with Crippen LogP contribution in [0.5, 0.6) is 0 Å². The summed E-state index contributed by atoms with van der Waals surface area (Å²) in [6.45, 7) is 0.544. The molecule has 2 rings (SSSR count). The molecule has 2 aliphatic rings. The van der Waals surface area contributed by atoms with E-state index in [2.05, 4.69) is 10.6 Å². The Kier molecular flexibility index (Phi) is 4.97. The van der Waals surface area contributed by atoms with Gasteiger partial charge in [0.25, 0.3) is 0 Å². The maximum Gasteiger partial charge on any atom is 0.220 e. The molecule has 5 heteroatoms. The van der Waals surface area contributed by atoms with Crippen LogP contribution in [0.25, 0.3) is 0 Å². The maximum atomic E-state index is 11.8. The van der Waals surface area contributed by atoms with Crippen LogP contribution in [0.2, 0.25) is 0 Å². The maximum absolute atomic E-state index is 11.8. The van der Waals surface area contributed by atoms with Gasteiger partial charge >= 0.3 is 0 Å². The third kappa shape index (κ3) is 3.93. The molecule has 3 N–H and O–H groups in total. The van der Waals surface area contributed by atoms with Crippen LogP contribution in [-0.2, 0) is 9.53 Å². The molecule has 3 atom stereocenters. The number of methoxy groups -OCH3 is 1. The van der Waals surface area contributed by atoms with E-state index >= 15 is 0 Å². The molecule has 1 amide bonds. The van der Waals surface area contributed by atoms with E-state index in [4.69, 9.17) is 4.74 Å². The van der Waals surface area contributed by atoms with Gasteiger partial charge in [0.05, 0.1) is 12.7 Å². The lowest BCUT2D eigenvalue weighted by molar-refractivity contribution is -0.122. The van der Waals surface area contributed by atoms with E-state index in [0.717, 1.165) is 12.8 Å². The van der Waals surface area contributed by atoms with Gasteiger partial charge in [-0.2, -0.15) is 0 Å². The van der Waals surface area contributed by atoms with Crippen LogP contribution < -0.4 is 10.6 Å². The van der Waals surface area contributed by atoms with E-state index in [0.29, 0.717) is 24.4 Å². The van der Waals surface area contributed by atoms with Gasteiger partial charge in [0.2, 0.25) is 5.91 Å². The van der Waals surface area contributed by atoms with Crippen LogP contribution in [0.4, 0.5) is 0 Å². The third-order valence-corrected chi connectivity index (χ3v) is 3.94. The van der Waals surface area contributed by atoms with Gasteiger partial charge in [0, 0.05) is 32.2 Å². The lowest BCUT2D eigenvalue weighted by atomic mass is 9.89. The fraction of sp³-hybridized carbons (Fsp3) is 0.923. The summed E-state index contributed by atoms with van der Waals surface area (Å²) in [6, 6.07) is 1.25. The number of aliphatic hydroxyl groups excluding tert-OH is 1. The average molecular weight is 256 g/mol. The first-order valence-corrected chi connectivity index (χ1v) is 6.87. The molecule has 3 unspecified atom stereocenters. The van der Waals surface area contributed by atoms with Crippen LogP contribution in [0, 0.1) is 5.92 Å². The molecule has 5 nitrogen and oxygen atoms in total. The molecule has 0 radical (unpaired) electrons. The van der Waals surface area contributed by atoms with Crippen LogP contribution in [0.1, 0.15) is 32.1 Å². The Bertz CT molecular complexity index is 273. The van der Waals surface area contributed by atoms with Gasteiger partial charge in [-0.15, -0.1) is 0 Å². The Morgan fingerprint density at radius 2 is 2.11 bits per heavy atom. The molecule has 2 aliphatic heterocycles. The van der Waals surface area contributed by atoms with Crippen LogP contribution in [0.15, 0.2) is 0 Å². The highest BCUT2D eigenvalue weighted by atomic mass is 16.5. The molecule has 2 saturated heterocycles. The van der Waals surface area contributed by atoms with E-state index in [-0.39, 0.29) is 19.1 Å². The predicted octanol–water partition coefficient (Wildman–Crippen LogP) is 0.0306. The molecule has 0 spiro atoms. The Morgan fingerprint density at radius 1 is 1.44 bits per heavy atom. The molecule has 2 bridgehead atoms. The molecular weight excluding hydrogens is 232 g/mol. The molecule has 0 saturated carbocycles. The van der Waals surface area contributed by atoms with Gasteiger partial charge in [-0.1, -0.05) is 0 Å². The fourth-order valence-electron chi connectivity index (χ4n) is 3.16. The molecular formula is C13H24N2O3. The molecule has 2 fully saturated rings. The summed E-state index contributed by atoms with van der Waals surface area (Å²) in [4.78, 5) is 11.8. The van der Waals surface area contributed by atoms with Crippen molar-refractivity contribution in [1.82, 2.24) is 10.6 Å². The zero-order valence-electron chi connectivity index (χ0n) is 11.0. The number of hydrogen-bond donors (Lipinski definition) is 3. The van der Waals surface area contributed by atoms with Gasteiger partial charge in [-0.25, -0.2) is 0 Å². The molecule has 0 aromatic rings. The van der Waals surface area contributed by atoms with E-state index < -0.39 is 6.10 Å². The molecule has 0 aliphatic carbocycles. The first-order chi connectivity index (χ1) is 8.67. The molecule has 18 heavy (non-hydrogen) atoms. The Balaban J connectivity index is 1.65. The number of carbonyl (C=O) groups excluding carboxylic acids is 1.